The number of allylic oxidation sites excluding steroid dienone is 3. The highest BCUT2D eigenvalue weighted by atomic mass is 32.2. The molecule has 6 heteroatoms. The fourth-order valence-corrected chi connectivity index (χ4v) is 4.72. The SMILES string of the molecule is CC1=C(C/C=C2/SC(=S)N(CCCC(=O)O)C2=O)C(C)(C)CCC1. The molecule has 0 aromatic rings. The summed E-state index contributed by atoms with van der Waals surface area (Å²) in [6, 6.07) is 0. The minimum Gasteiger partial charge on any atom is -0.481 e. The van der Waals surface area contributed by atoms with Crippen LogP contribution in [-0.4, -0.2) is 32.7 Å². The molecule has 0 radical (unpaired) electrons. The number of rotatable bonds is 6. The van der Waals surface area contributed by atoms with Gasteiger partial charge in [-0.2, -0.15) is 0 Å². The van der Waals surface area contributed by atoms with Crippen molar-refractivity contribution >= 4 is 40.2 Å². The predicted octanol–water partition coefficient (Wildman–Crippen LogP) is 4.51. The molecule has 1 heterocycles. The van der Waals surface area contributed by atoms with Gasteiger partial charge in [-0.05, 0) is 44.4 Å². The maximum Gasteiger partial charge on any atom is 0.303 e. The van der Waals surface area contributed by atoms with Gasteiger partial charge in [0.15, 0.2) is 0 Å². The number of carbonyl (C=O) groups is 2. The highest BCUT2D eigenvalue weighted by molar-refractivity contribution is 8.26. The molecule has 2 rings (SSSR count). The number of carbonyl (C=O) groups excluding carboxylic acids is 1. The maximum absolute atomic E-state index is 12.5. The maximum atomic E-state index is 12.5. The zero-order chi connectivity index (χ0) is 17.9. The van der Waals surface area contributed by atoms with E-state index in [0.717, 1.165) is 12.8 Å². The molecule has 4 nitrogen and oxygen atoms in total. The summed E-state index contributed by atoms with van der Waals surface area (Å²) in [5.41, 5.74) is 3.07. The Labute approximate surface area is 153 Å². The molecule has 0 saturated carbocycles. The summed E-state index contributed by atoms with van der Waals surface area (Å²) < 4.78 is 0.533. The summed E-state index contributed by atoms with van der Waals surface area (Å²) in [6.07, 6.45) is 6.82. The second kappa shape index (κ2) is 7.83. The molecule has 1 N–H and O–H groups in total. The van der Waals surface area contributed by atoms with Gasteiger partial charge in [-0.25, -0.2) is 0 Å². The minimum atomic E-state index is -0.849. The van der Waals surface area contributed by atoms with Crippen LogP contribution in [0.3, 0.4) is 0 Å². The third-order valence-electron chi connectivity index (χ3n) is 4.82. The highest BCUT2D eigenvalue weighted by Crippen LogP contribution is 2.43. The smallest absolute Gasteiger partial charge is 0.303 e. The molecule has 1 amide bonds. The molecule has 0 atom stereocenters. The molecule has 1 aliphatic heterocycles. The van der Waals surface area contributed by atoms with Crippen LogP contribution in [0.2, 0.25) is 0 Å². The topological polar surface area (TPSA) is 57.6 Å². The van der Waals surface area contributed by atoms with Crippen LogP contribution < -0.4 is 0 Å². The number of hydrogen-bond donors (Lipinski definition) is 1. The fourth-order valence-electron chi connectivity index (χ4n) is 3.44. The van der Waals surface area contributed by atoms with Crippen molar-refractivity contribution in [3.8, 4) is 0 Å². The Kier molecular flexibility index (Phi) is 6.26. The van der Waals surface area contributed by atoms with Crippen LogP contribution in [0, 0.1) is 5.41 Å². The largest absolute Gasteiger partial charge is 0.481 e. The summed E-state index contributed by atoms with van der Waals surface area (Å²) in [5, 5.41) is 8.72. The lowest BCUT2D eigenvalue weighted by Crippen LogP contribution is -2.29. The number of thiocarbonyl (C=S) groups is 1. The van der Waals surface area contributed by atoms with Crippen LogP contribution in [-0.2, 0) is 9.59 Å². The summed E-state index contributed by atoms with van der Waals surface area (Å²) in [5.74, 6) is -0.930. The van der Waals surface area contributed by atoms with Gasteiger partial charge in [0.2, 0.25) is 0 Å². The van der Waals surface area contributed by atoms with Crippen LogP contribution in [0.1, 0.15) is 59.3 Å². The van der Waals surface area contributed by atoms with Gasteiger partial charge >= 0.3 is 5.97 Å². The Morgan fingerprint density at radius 2 is 2.17 bits per heavy atom. The fraction of sp³-hybridized carbons (Fsp3) is 0.611. The molecule has 2 aliphatic rings. The van der Waals surface area contributed by atoms with E-state index < -0.39 is 5.97 Å². The molecule has 0 spiro atoms. The van der Waals surface area contributed by atoms with Gasteiger partial charge in [0.1, 0.15) is 4.32 Å². The Bertz CT molecular complexity index is 620. The van der Waals surface area contributed by atoms with E-state index in [4.69, 9.17) is 17.3 Å². The second-order valence-electron chi connectivity index (χ2n) is 7.09. The molecule has 1 aliphatic carbocycles. The second-order valence-corrected chi connectivity index (χ2v) is 8.77. The quantitative estimate of drug-likeness (QED) is 0.425. The van der Waals surface area contributed by atoms with Gasteiger partial charge in [0.25, 0.3) is 5.91 Å². The predicted molar refractivity (Wildman–Crippen MR) is 102 cm³/mol. The standard InChI is InChI=1S/C18H25NO3S2/c1-12-6-4-10-18(2,3)13(12)8-9-14-16(22)19(17(23)24-14)11-5-7-15(20)21/h9H,4-8,10-11H2,1-3H3,(H,20,21)/b14-9+. The van der Waals surface area contributed by atoms with Crippen LogP contribution in [0.4, 0.5) is 0 Å². The first kappa shape index (κ1) is 19.2. The molecule has 0 aromatic heterocycles. The number of nitrogens with zero attached hydrogens (tertiary/aromatic N) is 1. The van der Waals surface area contributed by atoms with Gasteiger partial charge < -0.3 is 5.11 Å². The summed E-state index contributed by atoms with van der Waals surface area (Å²) >= 11 is 6.61. The lowest BCUT2D eigenvalue weighted by Gasteiger charge is -2.34. The molecule has 24 heavy (non-hydrogen) atoms. The first-order chi connectivity index (χ1) is 11.2. The normalized spacial score (nSPS) is 22.6. The van der Waals surface area contributed by atoms with E-state index in [1.54, 1.807) is 0 Å². The number of aliphatic carboxylic acids is 1. The van der Waals surface area contributed by atoms with E-state index in [2.05, 4.69) is 20.8 Å². The highest BCUT2D eigenvalue weighted by Gasteiger charge is 2.33. The Morgan fingerprint density at radius 1 is 1.46 bits per heavy atom. The van der Waals surface area contributed by atoms with E-state index >= 15 is 0 Å². The van der Waals surface area contributed by atoms with E-state index in [0.29, 0.717) is 22.2 Å². The molecule has 1 saturated heterocycles. The molecule has 0 unspecified atom stereocenters. The average molecular weight is 368 g/mol. The van der Waals surface area contributed by atoms with Gasteiger partial charge in [-0.15, -0.1) is 0 Å². The third-order valence-corrected chi connectivity index (χ3v) is 6.25. The molecule has 132 valence electrons. The van der Waals surface area contributed by atoms with Crippen LogP contribution in [0.5, 0.6) is 0 Å². The lowest BCUT2D eigenvalue weighted by molar-refractivity contribution is -0.137. The van der Waals surface area contributed by atoms with Crippen molar-refractivity contribution in [2.75, 3.05) is 6.54 Å². The Morgan fingerprint density at radius 3 is 2.79 bits per heavy atom. The van der Waals surface area contributed by atoms with E-state index in [1.165, 1.54) is 40.6 Å². The molecular weight excluding hydrogens is 342 g/mol. The van der Waals surface area contributed by atoms with Crippen molar-refractivity contribution in [3.05, 3.63) is 22.1 Å². The molecular formula is C18H25NO3S2. The number of carboxylic acids is 1. The number of thioether (sulfide) groups is 1. The van der Waals surface area contributed by atoms with Crippen molar-refractivity contribution in [3.63, 3.8) is 0 Å². The Balaban J connectivity index is 2.04. The van der Waals surface area contributed by atoms with Crippen molar-refractivity contribution < 1.29 is 14.7 Å². The average Bonchev–Trinajstić information content (AvgIpc) is 2.73. The number of amides is 1. The van der Waals surface area contributed by atoms with Gasteiger partial charge in [-0.1, -0.05) is 55.0 Å². The summed E-state index contributed by atoms with van der Waals surface area (Å²) in [7, 11) is 0. The van der Waals surface area contributed by atoms with Crippen molar-refractivity contribution in [1.82, 2.24) is 4.90 Å². The van der Waals surface area contributed by atoms with E-state index in [9.17, 15) is 9.59 Å². The molecule has 0 bridgehead atoms. The summed E-state index contributed by atoms with van der Waals surface area (Å²) in [4.78, 5) is 25.3. The van der Waals surface area contributed by atoms with Gasteiger partial charge in [-0.3, -0.25) is 14.5 Å². The van der Waals surface area contributed by atoms with Crippen LogP contribution in [0.15, 0.2) is 22.1 Å². The summed E-state index contributed by atoms with van der Waals surface area (Å²) in [6.45, 7) is 7.12. The minimum absolute atomic E-state index is 0.0520. The third kappa shape index (κ3) is 4.48. The first-order valence-corrected chi connectivity index (χ1v) is 9.59. The number of hydrogen-bond acceptors (Lipinski definition) is 4. The lowest BCUT2D eigenvalue weighted by atomic mass is 9.71. The molecule has 0 aromatic carbocycles. The zero-order valence-electron chi connectivity index (χ0n) is 14.6. The Hall–Kier alpha value is -1.14. The zero-order valence-corrected chi connectivity index (χ0v) is 16.2. The van der Waals surface area contributed by atoms with Crippen molar-refractivity contribution in [1.29, 1.82) is 0 Å². The van der Waals surface area contributed by atoms with E-state index in [1.807, 2.05) is 6.08 Å². The number of carboxylic acid groups (broad SMARTS) is 1. The first-order valence-electron chi connectivity index (χ1n) is 8.37. The monoisotopic (exact) mass is 367 g/mol. The van der Waals surface area contributed by atoms with Crippen LogP contribution >= 0.6 is 24.0 Å². The van der Waals surface area contributed by atoms with Crippen molar-refractivity contribution in [2.24, 2.45) is 5.41 Å². The van der Waals surface area contributed by atoms with E-state index in [-0.39, 0.29) is 17.7 Å². The van der Waals surface area contributed by atoms with Crippen molar-refractivity contribution in [2.45, 2.75) is 59.3 Å². The van der Waals surface area contributed by atoms with Gasteiger partial charge in [0, 0.05) is 13.0 Å². The van der Waals surface area contributed by atoms with Gasteiger partial charge in [0.05, 0.1) is 4.91 Å². The van der Waals surface area contributed by atoms with Crippen LogP contribution in [0.25, 0.3) is 0 Å². The molecule has 1 fully saturated rings.